The van der Waals surface area contributed by atoms with Crippen molar-refractivity contribution in [2.45, 2.75) is 12.8 Å². The summed E-state index contributed by atoms with van der Waals surface area (Å²) in [5, 5.41) is 1.74. The zero-order chi connectivity index (χ0) is 15.5. The molecule has 1 amide bonds. The number of nitrogens with one attached hydrogen (secondary N) is 1. The summed E-state index contributed by atoms with van der Waals surface area (Å²) in [6.45, 7) is -0.126. The van der Waals surface area contributed by atoms with Crippen LogP contribution in [0.25, 0.3) is 0 Å². The Hall–Kier alpha value is -2.15. The molecule has 1 aromatic carbocycles. The lowest BCUT2D eigenvalue weighted by atomic mass is 10.2. The number of carbonyl (C=O) groups is 1. The quantitative estimate of drug-likeness (QED) is 0.892. The Balaban J connectivity index is 2.01. The second-order valence-corrected chi connectivity index (χ2v) is 4.38. The van der Waals surface area contributed by atoms with Crippen LogP contribution >= 0.6 is 11.6 Å². The number of halogens is 4. The fourth-order valence-electron chi connectivity index (χ4n) is 1.51. The second kappa shape index (κ2) is 6.09. The molecule has 112 valence electrons. The summed E-state index contributed by atoms with van der Waals surface area (Å²) in [5.41, 5.74) is -1.11. The third-order valence-corrected chi connectivity index (χ3v) is 2.77. The third kappa shape index (κ3) is 4.16. The van der Waals surface area contributed by atoms with Crippen molar-refractivity contribution in [3.63, 3.8) is 0 Å². The van der Waals surface area contributed by atoms with Crippen LogP contribution in [0, 0.1) is 0 Å². The molecule has 21 heavy (non-hydrogen) atoms. The molecule has 0 aliphatic carbocycles. The first-order chi connectivity index (χ1) is 9.86. The largest absolute Gasteiger partial charge is 0.466 e. The number of alkyl halides is 3. The summed E-state index contributed by atoms with van der Waals surface area (Å²) in [6, 6.07) is 6.23. The molecule has 0 bridgehead atoms. The molecule has 1 aromatic heterocycles. The molecule has 0 radical (unpaired) electrons. The van der Waals surface area contributed by atoms with E-state index in [9.17, 15) is 18.0 Å². The van der Waals surface area contributed by atoms with Gasteiger partial charge in [0.2, 0.25) is 0 Å². The Kier molecular flexibility index (Phi) is 4.42. The number of hydrogen-bond donors (Lipinski definition) is 1. The van der Waals surface area contributed by atoms with E-state index in [1.807, 2.05) is 0 Å². The van der Waals surface area contributed by atoms with Crippen molar-refractivity contribution in [1.82, 2.24) is 0 Å². The monoisotopic (exact) mass is 319 g/mol. The van der Waals surface area contributed by atoms with Crippen LogP contribution < -0.4 is 5.32 Å². The lowest BCUT2D eigenvalue weighted by Crippen LogP contribution is -2.14. The van der Waals surface area contributed by atoms with Gasteiger partial charge in [0.1, 0.15) is 5.76 Å². The van der Waals surface area contributed by atoms with Crippen LogP contribution in [0.5, 0.6) is 0 Å². The van der Waals surface area contributed by atoms with Crippen LogP contribution in [0.4, 0.5) is 23.7 Å². The predicted octanol–water partition coefficient (Wildman–Crippen LogP) is 4.70. The van der Waals surface area contributed by atoms with Gasteiger partial charge in [-0.15, -0.1) is 0 Å². The normalized spacial score (nSPS) is 11.2. The van der Waals surface area contributed by atoms with Crippen LogP contribution in [-0.4, -0.2) is 6.09 Å². The van der Waals surface area contributed by atoms with Gasteiger partial charge in [-0.05, 0) is 30.3 Å². The van der Waals surface area contributed by atoms with E-state index in [2.05, 4.69) is 5.32 Å². The Morgan fingerprint density at radius 1 is 1.33 bits per heavy atom. The highest BCUT2D eigenvalue weighted by atomic mass is 35.5. The van der Waals surface area contributed by atoms with E-state index in [1.54, 1.807) is 12.1 Å². The molecule has 0 unspecified atom stereocenters. The van der Waals surface area contributed by atoms with Crippen molar-refractivity contribution >= 4 is 23.4 Å². The lowest BCUT2D eigenvalue weighted by Gasteiger charge is -2.11. The molecule has 2 aromatic rings. The summed E-state index contributed by atoms with van der Waals surface area (Å²) in [6.07, 6.45) is -4.10. The number of amides is 1. The molecular formula is C13H9ClF3NO3. The van der Waals surface area contributed by atoms with E-state index >= 15 is 0 Å². The van der Waals surface area contributed by atoms with Crippen LogP contribution in [0.15, 0.2) is 41.0 Å². The highest BCUT2D eigenvalue weighted by molar-refractivity contribution is 6.31. The molecule has 0 atom stereocenters. The van der Waals surface area contributed by atoms with Gasteiger partial charge >= 0.3 is 12.3 Å². The number of rotatable bonds is 3. The fraction of sp³-hybridized carbons (Fsp3) is 0.154. The van der Waals surface area contributed by atoms with Gasteiger partial charge in [-0.25, -0.2) is 4.79 Å². The molecule has 8 heteroatoms. The Morgan fingerprint density at radius 2 is 2.10 bits per heavy atom. The number of hydrogen-bond acceptors (Lipinski definition) is 3. The highest BCUT2D eigenvalue weighted by Gasteiger charge is 2.33. The first-order valence-electron chi connectivity index (χ1n) is 5.69. The van der Waals surface area contributed by atoms with E-state index in [1.165, 1.54) is 12.3 Å². The molecule has 0 fully saturated rings. The van der Waals surface area contributed by atoms with Crippen molar-refractivity contribution in [3.05, 3.63) is 52.9 Å². The highest BCUT2D eigenvalue weighted by Crippen LogP contribution is 2.36. The molecule has 0 aliphatic heterocycles. The van der Waals surface area contributed by atoms with Gasteiger partial charge < -0.3 is 9.15 Å². The molecule has 0 saturated heterocycles. The van der Waals surface area contributed by atoms with Crippen molar-refractivity contribution in [1.29, 1.82) is 0 Å². The summed E-state index contributed by atoms with van der Waals surface area (Å²) < 4.78 is 47.7. The predicted molar refractivity (Wildman–Crippen MR) is 69.0 cm³/mol. The number of ether oxygens (including phenoxy) is 1. The van der Waals surface area contributed by atoms with Crippen LogP contribution in [0.3, 0.4) is 0 Å². The second-order valence-electron chi connectivity index (χ2n) is 3.97. The Bertz CT molecular complexity index is 626. The maximum Gasteiger partial charge on any atom is 0.417 e. The lowest BCUT2D eigenvalue weighted by molar-refractivity contribution is -0.137. The Morgan fingerprint density at radius 3 is 2.71 bits per heavy atom. The van der Waals surface area contributed by atoms with Crippen molar-refractivity contribution in [2.24, 2.45) is 0 Å². The molecule has 1 heterocycles. The molecule has 2 rings (SSSR count). The van der Waals surface area contributed by atoms with Gasteiger partial charge in [-0.2, -0.15) is 13.2 Å². The van der Waals surface area contributed by atoms with E-state index in [0.29, 0.717) is 5.76 Å². The van der Waals surface area contributed by atoms with Gasteiger partial charge in [0, 0.05) is 5.69 Å². The first-order valence-corrected chi connectivity index (χ1v) is 6.07. The standard InChI is InChI=1S/C13H9ClF3NO3/c14-11-4-3-8(6-10(11)13(15,16)17)18-12(19)21-7-9-2-1-5-20-9/h1-6H,7H2,(H,18,19). The van der Waals surface area contributed by atoms with Gasteiger partial charge in [0.05, 0.1) is 16.8 Å². The molecule has 0 aliphatic rings. The van der Waals surface area contributed by atoms with E-state index in [4.69, 9.17) is 20.8 Å². The first kappa shape index (κ1) is 15.2. The number of anilines is 1. The maximum atomic E-state index is 12.7. The van der Waals surface area contributed by atoms with E-state index < -0.39 is 22.9 Å². The molecular weight excluding hydrogens is 311 g/mol. The number of furan rings is 1. The summed E-state index contributed by atoms with van der Waals surface area (Å²) in [7, 11) is 0. The van der Waals surface area contributed by atoms with Crippen LogP contribution in [0.1, 0.15) is 11.3 Å². The van der Waals surface area contributed by atoms with Crippen molar-refractivity contribution in [2.75, 3.05) is 5.32 Å². The van der Waals surface area contributed by atoms with Gasteiger partial charge in [0.25, 0.3) is 0 Å². The Labute approximate surface area is 122 Å². The maximum absolute atomic E-state index is 12.7. The topological polar surface area (TPSA) is 51.5 Å². The summed E-state index contributed by atoms with van der Waals surface area (Å²) in [5.74, 6) is 0.414. The summed E-state index contributed by atoms with van der Waals surface area (Å²) >= 11 is 5.47. The van der Waals surface area contributed by atoms with Gasteiger partial charge in [0.15, 0.2) is 6.61 Å². The average molecular weight is 320 g/mol. The van der Waals surface area contributed by atoms with Crippen LogP contribution in [-0.2, 0) is 17.5 Å². The molecule has 0 spiro atoms. The molecule has 1 N–H and O–H groups in total. The SMILES string of the molecule is O=C(Nc1ccc(Cl)c(C(F)(F)F)c1)OCc1ccco1. The minimum absolute atomic E-state index is 0.0730. The van der Waals surface area contributed by atoms with E-state index in [0.717, 1.165) is 12.1 Å². The fourth-order valence-corrected chi connectivity index (χ4v) is 1.73. The minimum atomic E-state index is -4.60. The van der Waals surface area contributed by atoms with Gasteiger partial charge in [-0.3, -0.25) is 5.32 Å². The smallest absolute Gasteiger partial charge is 0.417 e. The van der Waals surface area contributed by atoms with Gasteiger partial charge in [-0.1, -0.05) is 11.6 Å². The molecule has 0 saturated carbocycles. The van der Waals surface area contributed by atoms with Crippen molar-refractivity contribution in [3.8, 4) is 0 Å². The zero-order valence-electron chi connectivity index (χ0n) is 10.4. The number of benzene rings is 1. The minimum Gasteiger partial charge on any atom is -0.466 e. The summed E-state index contributed by atoms with van der Waals surface area (Å²) in [4.78, 5) is 11.5. The molecule has 4 nitrogen and oxygen atoms in total. The van der Waals surface area contributed by atoms with Crippen molar-refractivity contribution < 1.29 is 27.1 Å². The third-order valence-electron chi connectivity index (χ3n) is 2.44. The number of carbonyl (C=O) groups excluding carboxylic acids is 1. The van der Waals surface area contributed by atoms with Crippen LogP contribution in [0.2, 0.25) is 5.02 Å². The average Bonchev–Trinajstić information content (AvgIpc) is 2.90. The van der Waals surface area contributed by atoms with E-state index in [-0.39, 0.29) is 12.3 Å². The zero-order valence-corrected chi connectivity index (χ0v) is 11.2.